The van der Waals surface area contributed by atoms with Crippen molar-refractivity contribution in [2.45, 2.75) is 0 Å². The summed E-state index contributed by atoms with van der Waals surface area (Å²) in [6, 6.07) is 22.9. The number of hydrogen-bond donors (Lipinski definition) is 2. The smallest absolute Gasteiger partial charge is 0.337 e. The lowest BCUT2D eigenvalue weighted by Crippen LogP contribution is -2.17. The molecule has 154 valence electrons. The predicted octanol–water partition coefficient (Wildman–Crippen LogP) is 4.29. The molecule has 0 aliphatic heterocycles. The van der Waals surface area contributed by atoms with Crippen molar-refractivity contribution in [3.05, 3.63) is 100 Å². The first-order valence-corrected chi connectivity index (χ1v) is 9.49. The lowest BCUT2D eigenvalue weighted by atomic mass is 10.1. The molecular weight excluding hydrogens is 394 g/mol. The van der Waals surface area contributed by atoms with Crippen molar-refractivity contribution in [1.29, 1.82) is 0 Å². The second kappa shape index (κ2) is 8.54. The maximum absolute atomic E-state index is 13.3. The fourth-order valence-corrected chi connectivity index (χ4v) is 3.23. The van der Waals surface area contributed by atoms with Gasteiger partial charge in [-0.15, -0.1) is 0 Å². The Morgan fingerprint density at radius 2 is 1.77 bits per heavy atom. The number of para-hydroxylation sites is 2. The summed E-state index contributed by atoms with van der Waals surface area (Å²) >= 11 is 0. The van der Waals surface area contributed by atoms with Crippen LogP contribution in [0.5, 0.6) is 5.75 Å². The van der Waals surface area contributed by atoms with Gasteiger partial charge in [-0.05, 0) is 36.4 Å². The van der Waals surface area contributed by atoms with Gasteiger partial charge in [0.1, 0.15) is 5.75 Å². The van der Waals surface area contributed by atoms with Crippen LogP contribution in [0.25, 0.3) is 16.9 Å². The summed E-state index contributed by atoms with van der Waals surface area (Å²) in [4.78, 5) is 29.1. The van der Waals surface area contributed by atoms with E-state index in [1.165, 1.54) is 17.0 Å². The number of H-pyrrole nitrogens is 1. The zero-order chi connectivity index (χ0) is 21.8. The number of hydrogen-bond acceptors (Lipinski definition) is 4. The van der Waals surface area contributed by atoms with Crippen LogP contribution >= 0.6 is 0 Å². The molecule has 2 N–H and O–H groups in total. The first-order chi connectivity index (χ1) is 15.1. The van der Waals surface area contributed by atoms with Crippen molar-refractivity contribution in [2.24, 2.45) is 4.99 Å². The molecule has 0 aliphatic rings. The lowest BCUT2D eigenvalue weighted by Gasteiger charge is -2.04. The number of nitrogens with one attached hydrogen (secondary N) is 1. The number of aromatic nitrogens is 2. The lowest BCUT2D eigenvalue weighted by molar-refractivity contribution is 0.0698. The molecule has 0 unspecified atom stereocenters. The van der Waals surface area contributed by atoms with E-state index in [1.54, 1.807) is 25.3 Å². The Labute approximate surface area is 177 Å². The molecule has 31 heavy (non-hydrogen) atoms. The van der Waals surface area contributed by atoms with Crippen LogP contribution in [0.2, 0.25) is 0 Å². The molecule has 1 heterocycles. The van der Waals surface area contributed by atoms with Crippen LogP contribution < -0.4 is 10.3 Å². The highest BCUT2D eigenvalue weighted by atomic mass is 16.5. The molecule has 0 saturated carbocycles. The van der Waals surface area contributed by atoms with E-state index >= 15 is 0 Å². The van der Waals surface area contributed by atoms with Crippen LogP contribution in [-0.4, -0.2) is 34.2 Å². The molecule has 4 aromatic rings. The van der Waals surface area contributed by atoms with Gasteiger partial charge in [-0.3, -0.25) is 14.9 Å². The van der Waals surface area contributed by atoms with Crippen molar-refractivity contribution < 1.29 is 14.6 Å². The summed E-state index contributed by atoms with van der Waals surface area (Å²) in [5.74, 6) is -0.443. The third-order valence-electron chi connectivity index (χ3n) is 4.77. The van der Waals surface area contributed by atoms with Gasteiger partial charge in [0.15, 0.2) is 0 Å². The van der Waals surface area contributed by atoms with E-state index in [9.17, 15) is 14.7 Å². The van der Waals surface area contributed by atoms with Crippen LogP contribution in [0.4, 0.5) is 5.69 Å². The summed E-state index contributed by atoms with van der Waals surface area (Å²) in [5, 5.41) is 12.5. The van der Waals surface area contributed by atoms with Crippen molar-refractivity contribution in [3.8, 4) is 22.7 Å². The number of methoxy groups -OCH3 is 1. The second-order valence-electron chi connectivity index (χ2n) is 6.69. The van der Waals surface area contributed by atoms with Crippen molar-refractivity contribution in [3.63, 3.8) is 0 Å². The van der Waals surface area contributed by atoms with Crippen molar-refractivity contribution >= 4 is 17.9 Å². The van der Waals surface area contributed by atoms with Gasteiger partial charge in [-0.25, -0.2) is 9.48 Å². The normalized spacial score (nSPS) is 11.0. The number of carboxylic acids is 1. The summed E-state index contributed by atoms with van der Waals surface area (Å²) in [6.07, 6.45) is 1.40. The molecule has 0 fully saturated rings. The molecule has 0 radical (unpaired) electrons. The Bertz CT molecular complexity index is 1320. The monoisotopic (exact) mass is 413 g/mol. The van der Waals surface area contributed by atoms with E-state index in [0.717, 1.165) is 5.56 Å². The number of ether oxygens (including phenoxy) is 1. The highest BCUT2D eigenvalue weighted by Crippen LogP contribution is 2.25. The topological polar surface area (TPSA) is 96.7 Å². The number of aromatic amines is 1. The minimum Gasteiger partial charge on any atom is -0.497 e. The summed E-state index contributed by atoms with van der Waals surface area (Å²) < 4.78 is 6.74. The zero-order valence-corrected chi connectivity index (χ0v) is 16.6. The number of aromatic carboxylic acids is 1. The zero-order valence-electron chi connectivity index (χ0n) is 16.6. The fraction of sp³-hybridized carbons (Fsp3) is 0.0417. The molecule has 0 bridgehead atoms. The Morgan fingerprint density at radius 3 is 2.52 bits per heavy atom. The molecule has 3 aromatic carbocycles. The third kappa shape index (κ3) is 4.02. The third-order valence-corrected chi connectivity index (χ3v) is 4.77. The minimum absolute atomic E-state index is 0.0561. The Morgan fingerprint density at radius 1 is 1.03 bits per heavy atom. The highest BCUT2D eigenvalue weighted by Gasteiger charge is 2.16. The summed E-state index contributed by atoms with van der Waals surface area (Å²) in [5.41, 5.74) is 2.27. The fourth-order valence-electron chi connectivity index (χ4n) is 3.23. The van der Waals surface area contributed by atoms with Gasteiger partial charge < -0.3 is 9.84 Å². The second-order valence-corrected chi connectivity index (χ2v) is 6.69. The molecule has 1 aromatic heterocycles. The SMILES string of the molecule is COc1cccc(-c2[nH]n(-c3ccccc3)c(=O)c2C=Nc2ccccc2C(=O)O)c1. The van der Waals surface area contributed by atoms with Gasteiger partial charge in [0.25, 0.3) is 5.56 Å². The first-order valence-electron chi connectivity index (χ1n) is 9.49. The van der Waals surface area contributed by atoms with Crippen molar-refractivity contribution in [2.75, 3.05) is 7.11 Å². The number of rotatable bonds is 6. The van der Waals surface area contributed by atoms with Crippen LogP contribution in [-0.2, 0) is 0 Å². The van der Waals surface area contributed by atoms with E-state index in [0.29, 0.717) is 22.7 Å². The molecule has 0 amide bonds. The van der Waals surface area contributed by atoms with Crippen LogP contribution in [0.1, 0.15) is 15.9 Å². The molecule has 0 atom stereocenters. The van der Waals surface area contributed by atoms with E-state index in [2.05, 4.69) is 10.1 Å². The van der Waals surface area contributed by atoms with E-state index in [4.69, 9.17) is 4.74 Å². The van der Waals surface area contributed by atoms with Crippen LogP contribution in [0.15, 0.2) is 88.6 Å². The quantitative estimate of drug-likeness (QED) is 0.461. The van der Waals surface area contributed by atoms with E-state index in [1.807, 2.05) is 54.6 Å². The van der Waals surface area contributed by atoms with Crippen LogP contribution in [0, 0.1) is 0 Å². The van der Waals surface area contributed by atoms with E-state index in [-0.39, 0.29) is 16.8 Å². The summed E-state index contributed by atoms with van der Waals surface area (Å²) in [6.45, 7) is 0. The van der Waals surface area contributed by atoms with Crippen LogP contribution in [0.3, 0.4) is 0 Å². The molecule has 7 nitrogen and oxygen atoms in total. The molecule has 7 heteroatoms. The molecular formula is C24H19N3O4. The minimum atomic E-state index is -1.09. The number of carbonyl (C=O) groups is 1. The molecule has 0 spiro atoms. The number of nitrogens with zero attached hydrogens (tertiary/aromatic N) is 2. The Balaban J connectivity index is 1.89. The van der Waals surface area contributed by atoms with E-state index < -0.39 is 5.97 Å². The first kappa shape index (κ1) is 19.9. The largest absolute Gasteiger partial charge is 0.497 e. The molecule has 0 saturated heterocycles. The predicted molar refractivity (Wildman–Crippen MR) is 119 cm³/mol. The van der Waals surface area contributed by atoms with Gasteiger partial charge in [-0.1, -0.05) is 42.5 Å². The standard InChI is InChI=1S/C24H19N3O4/c1-31-18-11-7-8-16(14-18)22-20(15-25-21-13-6-5-12-19(21)24(29)30)23(28)27(26-22)17-9-3-2-4-10-17/h2-15,26H,1H3,(H,29,30). The van der Waals surface area contributed by atoms with Gasteiger partial charge >= 0.3 is 5.97 Å². The highest BCUT2D eigenvalue weighted by molar-refractivity contribution is 5.96. The Kier molecular flexibility index (Phi) is 5.49. The number of aliphatic imine (C=N–C) groups is 1. The van der Waals surface area contributed by atoms with Crippen molar-refractivity contribution in [1.82, 2.24) is 9.78 Å². The van der Waals surface area contributed by atoms with Gasteiger partial charge in [-0.2, -0.15) is 0 Å². The molecule has 4 rings (SSSR count). The number of carboxylic acid groups (broad SMARTS) is 1. The van der Waals surface area contributed by atoms with Gasteiger partial charge in [0.2, 0.25) is 0 Å². The summed E-state index contributed by atoms with van der Waals surface area (Å²) in [7, 11) is 1.57. The Hall–Kier alpha value is -4.39. The molecule has 0 aliphatic carbocycles. The average Bonchev–Trinajstić information content (AvgIpc) is 3.14. The van der Waals surface area contributed by atoms with Gasteiger partial charge in [0.05, 0.1) is 35.3 Å². The average molecular weight is 413 g/mol. The maximum Gasteiger partial charge on any atom is 0.337 e. The van der Waals surface area contributed by atoms with Gasteiger partial charge in [0, 0.05) is 11.8 Å². The number of benzene rings is 3. The maximum atomic E-state index is 13.3.